The minimum atomic E-state index is -0.251. The quantitative estimate of drug-likeness (QED) is 0.789. The summed E-state index contributed by atoms with van der Waals surface area (Å²) in [6.07, 6.45) is 4.13. The summed E-state index contributed by atoms with van der Waals surface area (Å²) in [6.45, 7) is 4.89. The van der Waals surface area contributed by atoms with E-state index in [1.165, 1.54) is 12.1 Å². The fraction of sp³-hybridized carbons (Fsp3) is 0.524. The number of hydrogen-bond donors (Lipinski definition) is 0. The summed E-state index contributed by atoms with van der Waals surface area (Å²) < 4.78 is 24.7. The highest BCUT2D eigenvalue weighted by molar-refractivity contribution is 5.78. The van der Waals surface area contributed by atoms with Gasteiger partial charge in [0.2, 0.25) is 5.91 Å². The number of oxazole rings is 1. The van der Waals surface area contributed by atoms with E-state index in [2.05, 4.69) is 9.88 Å². The number of amides is 1. The minimum Gasteiger partial charge on any atom is -0.445 e. The van der Waals surface area contributed by atoms with Gasteiger partial charge in [-0.3, -0.25) is 9.69 Å². The van der Waals surface area contributed by atoms with Crippen molar-refractivity contribution in [3.05, 3.63) is 53.5 Å². The van der Waals surface area contributed by atoms with E-state index in [4.69, 9.17) is 9.15 Å². The number of piperidine rings is 1. The molecule has 7 heteroatoms. The predicted octanol–water partition coefficient (Wildman–Crippen LogP) is 2.44. The Morgan fingerprint density at radius 1 is 1.25 bits per heavy atom. The Labute approximate surface area is 164 Å². The molecule has 1 atom stereocenters. The van der Waals surface area contributed by atoms with Crippen LogP contribution in [0, 0.1) is 5.82 Å². The Kier molecular flexibility index (Phi) is 6.02. The van der Waals surface area contributed by atoms with Crippen LogP contribution >= 0.6 is 0 Å². The molecule has 2 aliphatic heterocycles. The van der Waals surface area contributed by atoms with Crippen molar-refractivity contribution in [3.8, 4) is 0 Å². The summed E-state index contributed by atoms with van der Waals surface area (Å²) in [6, 6.07) is 6.51. The van der Waals surface area contributed by atoms with Crippen molar-refractivity contribution < 1.29 is 18.3 Å². The van der Waals surface area contributed by atoms with Crippen LogP contribution in [0.4, 0.5) is 4.39 Å². The van der Waals surface area contributed by atoms with Crippen molar-refractivity contribution in [1.82, 2.24) is 14.8 Å². The van der Waals surface area contributed by atoms with Crippen LogP contribution in [0.25, 0.3) is 0 Å². The van der Waals surface area contributed by atoms with E-state index in [1.807, 2.05) is 11.0 Å². The molecule has 3 heterocycles. The topological polar surface area (TPSA) is 58.8 Å². The first-order chi connectivity index (χ1) is 13.7. The number of hydrogen-bond acceptors (Lipinski definition) is 5. The van der Waals surface area contributed by atoms with Crippen LogP contribution in [0.5, 0.6) is 0 Å². The normalized spacial score (nSPS) is 21.0. The number of rotatable bonds is 5. The average molecular weight is 387 g/mol. The van der Waals surface area contributed by atoms with E-state index in [-0.39, 0.29) is 17.6 Å². The molecule has 4 rings (SSSR count). The molecular weight excluding hydrogens is 361 g/mol. The molecule has 0 bridgehead atoms. The summed E-state index contributed by atoms with van der Waals surface area (Å²) in [7, 11) is 0. The SMILES string of the molecule is O=C(CN1CCOCC1)N1CCC[C@H](c2ncc(Cc3cccc(F)c3)o2)C1. The second-order valence-corrected chi connectivity index (χ2v) is 7.54. The second kappa shape index (κ2) is 8.84. The fourth-order valence-corrected chi connectivity index (χ4v) is 3.90. The summed E-state index contributed by atoms with van der Waals surface area (Å²) in [5, 5.41) is 0. The van der Waals surface area contributed by atoms with Gasteiger partial charge in [0.1, 0.15) is 11.6 Å². The number of carbonyl (C=O) groups excluding carboxylic acids is 1. The summed E-state index contributed by atoms with van der Waals surface area (Å²) in [5.74, 6) is 1.42. The molecule has 2 aliphatic rings. The third-order valence-electron chi connectivity index (χ3n) is 5.42. The van der Waals surface area contributed by atoms with Crippen molar-refractivity contribution in [1.29, 1.82) is 0 Å². The van der Waals surface area contributed by atoms with Gasteiger partial charge >= 0.3 is 0 Å². The Hall–Kier alpha value is -2.25. The van der Waals surface area contributed by atoms with E-state index >= 15 is 0 Å². The van der Waals surface area contributed by atoms with Crippen LogP contribution in [-0.2, 0) is 16.0 Å². The Morgan fingerprint density at radius 3 is 2.93 bits per heavy atom. The smallest absolute Gasteiger partial charge is 0.236 e. The van der Waals surface area contributed by atoms with Crippen molar-refractivity contribution in [2.45, 2.75) is 25.2 Å². The van der Waals surface area contributed by atoms with Crippen molar-refractivity contribution in [2.75, 3.05) is 45.9 Å². The third kappa shape index (κ3) is 4.77. The Morgan fingerprint density at radius 2 is 2.11 bits per heavy atom. The first kappa shape index (κ1) is 19.1. The highest BCUT2D eigenvalue weighted by Crippen LogP contribution is 2.27. The number of ether oxygens (including phenoxy) is 1. The number of carbonyl (C=O) groups is 1. The third-order valence-corrected chi connectivity index (χ3v) is 5.42. The predicted molar refractivity (Wildman–Crippen MR) is 102 cm³/mol. The zero-order valence-electron chi connectivity index (χ0n) is 16.0. The van der Waals surface area contributed by atoms with Crippen molar-refractivity contribution in [3.63, 3.8) is 0 Å². The van der Waals surface area contributed by atoms with Gasteiger partial charge in [-0.2, -0.15) is 0 Å². The second-order valence-electron chi connectivity index (χ2n) is 7.54. The largest absolute Gasteiger partial charge is 0.445 e. The summed E-state index contributed by atoms with van der Waals surface area (Å²) in [4.78, 5) is 21.2. The number of benzene rings is 1. The van der Waals surface area contributed by atoms with Crippen LogP contribution in [0.15, 0.2) is 34.9 Å². The lowest BCUT2D eigenvalue weighted by atomic mass is 9.98. The van der Waals surface area contributed by atoms with Gasteiger partial charge in [-0.25, -0.2) is 9.37 Å². The van der Waals surface area contributed by atoms with E-state index < -0.39 is 0 Å². The molecule has 1 aromatic heterocycles. The zero-order valence-corrected chi connectivity index (χ0v) is 16.0. The first-order valence-corrected chi connectivity index (χ1v) is 9.94. The van der Waals surface area contributed by atoms with Gasteiger partial charge < -0.3 is 14.1 Å². The van der Waals surface area contributed by atoms with Gasteiger partial charge in [-0.1, -0.05) is 12.1 Å². The van der Waals surface area contributed by atoms with Crippen LogP contribution < -0.4 is 0 Å². The number of halogens is 1. The monoisotopic (exact) mass is 387 g/mol. The summed E-state index contributed by atoms with van der Waals surface area (Å²) >= 11 is 0. The highest BCUT2D eigenvalue weighted by Gasteiger charge is 2.28. The molecule has 0 aliphatic carbocycles. The molecular formula is C21H26FN3O3. The van der Waals surface area contributed by atoms with Crippen LogP contribution in [0.2, 0.25) is 0 Å². The van der Waals surface area contributed by atoms with Gasteiger partial charge in [-0.15, -0.1) is 0 Å². The summed E-state index contributed by atoms with van der Waals surface area (Å²) in [5.41, 5.74) is 0.855. The van der Waals surface area contributed by atoms with Crippen molar-refractivity contribution in [2.24, 2.45) is 0 Å². The maximum absolute atomic E-state index is 13.4. The van der Waals surface area contributed by atoms with E-state index in [0.717, 1.165) is 43.8 Å². The molecule has 6 nitrogen and oxygen atoms in total. The molecule has 2 saturated heterocycles. The molecule has 0 saturated carbocycles. The molecule has 2 aromatic rings. The lowest BCUT2D eigenvalue weighted by Crippen LogP contribution is -2.47. The average Bonchev–Trinajstić information content (AvgIpc) is 3.17. The minimum absolute atomic E-state index is 0.114. The van der Waals surface area contributed by atoms with Crippen LogP contribution in [0.3, 0.4) is 0 Å². The van der Waals surface area contributed by atoms with E-state index in [0.29, 0.717) is 38.6 Å². The van der Waals surface area contributed by atoms with Gasteiger partial charge in [0.05, 0.1) is 31.9 Å². The van der Waals surface area contributed by atoms with E-state index in [1.54, 1.807) is 12.3 Å². The fourth-order valence-electron chi connectivity index (χ4n) is 3.90. The first-order valence-electron chi connectivity index (χ1n) is 9.94. The standard InChI is InChI=1S/C21H26FN3O3/c22-18-5-1-3-16(11-18)12-19-13-23-21(28-19)17-4-2-6-25(14-17)20(26)15-24-7-9-27-10-8-24/h1,3,5,11,13,17H,2,4,6-10,12,14-15H2/t17-/m0/s1. The molecule has 0 N–H and O–H groups in total. The number of nitrogens with zero attached hydrogens (tertiary/aromatic N) is 3. The maximum atomic E-state index is 13.4. The number of aromatic nitrogens is 1. The van der Waals surface area contributed by atoms with E-state index in [9.17, 15) is 9.18 Å². The zero-order chi connectivity index (χ0) is 19.3. The van der Waals surface area contributed by atoms with Gasteiger partial charge in [0.15, 0.2) is 5.89 Å². The molecule has 0 radical (unpaired) electrons. The maximum Gasteiger partial charge on any atom is 0.236 e. The molecule has 0 unspecified atom stereocenters. The van der Waals surface area contributed by atoms with Gasteiger partial charge in [0.25, 0.3) is 0 Å². The number of likely N-dealkylation sites (tertiary alicyclic amines) is 1. The molecule has 2 fully saturated rings. The molecule has 1 amide bonds. The van der Waals surface area contributed by atoms with Crippen LogP contribution in [0.1, 0.15) is 36.0 Å². The molecule has 0 spiro atoms. The molecule has 28 heavy (non-hydrogen) atoms. The molecule has 150 valence electrons. The highest BCUT2D eigenvalue weighted by atomic mass is 19.1. The Bertz CT molecular complexity index is 804. The lowest BCUT2D eigenvalue weighted by molar-refractivity contribution is -0.134. The number of morpholine rings is 1. The molecule has 1 aromatic carbocycles. The van der Waals surface area contributed by atoms with Crippen LogP contribution in [-0.4, -0.2) is 66.6 Å². The lowest BCUT2D eigenvalue weighted by Gasteiger charge is -2.34. The van der Waals surface area contributed by atoms with Gasteiger partial charge in [0, 0.05) is 32.6 Å². The van der Waals surface area contributed by atoms with Crippen molar-refractivity contribution >= 4 is 5.91 Å². The van der Waals surface area contributed by atoms with Gasteiger partial charge in [-0.05, 0) is 30.5 Å². The Balaban J connectivity index is 1.35.